The number of carbonyl (C=O) groups is 2. The topological polar surface area (TPSA) is 112 Å². The molecule has 2 bridgehead atoms. The van der Waals surface area contributed by atoms with Crippen LogP contribution in [-0.2, 0) is 27.2 Å². The second-order valence-electron chi connectivity index (χ2n) is 14.0. The molecule has 10 nitrogen and oxygen atoms in total. The number of pyridine rings is 2. The van der Waals surface area contributed by atoms with Gasteiger partial charge >= 0.3 is 18.6 Å². The number of hydrogen-bond donors (Lipinski definition) is 1. The summed E-state index contributed by atoms with van der Waals surface area (Å²) in [6, 6.07) is 12.8. The lowest BCUT2D eigenvalue weighted by molar-refractivity contribution is -0.161. The normalized spacial score (nSPS) is 20.1. The van der Waals surface area contributed by atoms with Gasteiger partial charge in [0.1, 0.15) is 18.2 Å². The van der Waals surface area contributed by atoms with E-state index in [1.807, 2.05) is 0 Å². The van der Waals surface area contributed by atoms with Crippen molar-refractivity contribution >= 4 is 35.1 Å². The van der Waals surface area contributed by atoms with Gasteiger partial charge in [-0.25, -0.2) is 14.6 Å². The number of halogens is 5. The van der Waals surface area contributed by atoms with Gasteiger partial charge in [-0.15, -0.1) is 0 Å². The second kappa shape index (κ2) is 17.6. The van der Waals surface area contributed by atoms with Crippen LogP contribution in [0.15, 0.2) is 73.2 Å². The molecule has 1 N–H and O–H groups in total. The Hall–Kier alpha value is -4.43. The molecule has 290 valence electrons. The molecule has 2 aromatic carbocycles. The summed E-state index contributed by atoms with van der Waals surface area (Å²) in [6.07, 6.45) is 6.82. The number of benzene rings is 2. The molecule has 0 amide bonds. The minimum absolute atomic E-state index is 0.0348. The summed E-state index contributed by atoms with van der Waals surface area (Å²) in [5.41, 5.74) is 1.88. The van der Waals surface area contributed by atoms with Gasteiger partial charge in [0.25, 0.3) is 0 Å². The molecule has 1 unspecified atom stereocenters. The van der Waals surface area contributed by atoms with Crippen LogP contribution in [-0.4, -0.2) is 65.8 Å². The van der Waals surface area contributed by atoms with Gasteiger partial charge < -0.3 is 18.9 Å². The summed E-state index contributed by atoms with van der Waals surface area (Å²) in [5, 5.41) is 3.64. The lowest BCUT2D eigenvalue weighted by atomic mass is 9.86. The molecule has 15 heteroatoms. The van der Waals surface area contributed by atoms with Crippen molar-refractivity contribution in [3.8, 4) is 11.5 Å². The smallest absolute Gasteiger partial charge is 0.387 e. The quantitative estimate of drug-likeness (QED) is 0.0887. The Kier molecular flexibility index (Phi) is 12.4. The van der Waals surface area contributed by atoms with E-state index in [0.717, 1.165) is 38.8 Å². The molecular weight excluding hydrogens is 760 g/mol. The predicted molar refractivity (Wildman–Crippen MR) is 197 cm³/mol. The molecule has 2 aromatic heterocycles. The van der Waals surface area contributed by atoms with Crippen molar-refractivity contribution in [2.24, 2.45) is 11.8 Å². The third-order valence-corrected chi connectivity index (χ3v) is 10.9. The van der Waals surface area contributed by atoms with E-state index in [4.69, 9.17) is 42.1 Å². The van der Waals surface area contributed by atoms with Crippen molar-refractivity contribution in [1.29, 1.82) is 0 Å². The molecule has 4 fully saturated rings. The Morgan fingerprint density at radius 1 is 0.964 bits per heavy atom. The number of esters is 2. The number of piperidine rings is 3. The monoisotopic (exact) mass is 798 g/mol. The number of carbonyl (C=O) groups excluding carboxylic acids is 2. The summed E-state index contributed by atoms with van der Waals surface area (Å²) in [5.74, 6) is -1.49. The van der Waals surface area contributed by atoms with E-state index in [2.05, 4.69) is 20.2 Å². The minimum Gasteiger partial charge on any atom is -0.489 e. The third kappa shape index (κ3) is 9.88. The van der Waals surface area contributed by atoms with Crippen LogP contribution >= 0.6 is 23.2 Å². The highest BCUT2D eigenvalue weighted by Gasteiger charge is 2.38. The fourth-order valence-electron chi connectivity index (χ4n) is 6.94. The van der Waals surface area contributed by atoms with Crippen molar-refractivity contribution in [2.45, 2.75) is 63.5 Å². The summed E-state index contributed by atoms with van der Waals surface area (Å²) in [4.78, 5) is 37.2. The molecule has 4 aliphatic rings. The molecule has 3 saturated heterocycles. The van der Waals surface area contributed by atoms with Gasteiger partial charge in [0.15, 0.2) is 11.5 Å². The Morgan fingerprint density at radius 3 is 2.36 bits per heavy atom. The van der Waals surface area contributed by atoms with Crippen LogP contribution < -0.4 is 14.8 Å². The molecule has 1 saturated carbocycles. The Balaban J connectivity index is 1.07. The van der Waals surface area contributed by atoms with Gasteiger partial charge in [-0.2, -0.15) is 13.2 Å². The van der Waals surface area contributed by atoms with Crippen molar-refractivity contribution in [3.05, 3.63) is 117 Å². The number of ether oxygens (including phenoxy) is 4. The number of fused-ring (bicyclic) bond motifs is 3. The molecule has 55 heavy (non-hydrogen) atoms. The Bertz CT molecular complexity index is 1960. The van der Waals surface area contributed by atoms with E-state index >= 15 is 0 Å². The minimum atomic E-state index is -3.07. The first-order chi connectivity index (χ1) is 26.6. The highest BCUT2D eigenvalue weighted by Crippen LogP contribution is 2.38. The van der Waals surface area contributed by atoms with Crippen molar-refractivity contribution in [3.63, 3.8) is 0 Å². The van der Waals surface area contributed by atoms with Crippen LogP contribution in [0.25, 0.3) is 0 Å². The van der Waals surface area contributed by atoms with Crippen molar-refractivity contribution in [1.82, 2.24) is 20.2 Å². The molecule has 5 heterocycles. The summed E-state index contributed by atoms with van der Waals surface area (Å²) in [6.45, 7) is 0.0295. The number of rotatable bonds is 16. The second-order valence-corrected chi connectivity index (χ2v) is 14.8. The maximum absolute atomic E-state index is 14.9. The average Bonchev–Trinajstić information content (AvgIpc) is 4.01. The van der Waals surface area contributed by atoms with Crippen LogP contribution in [0, 0.1) is 17.8 Å². The van der Waals surface area contributed by atoms with Gasteiger partial charge in [0.2, 0.25) is 5.95 Å². The molecule has 4 aromatic rings. The molecular formula is C40H39Cl2F3N4O6. The van der Waals surface area contributed by atoms with E-state index in [-0.39, 0.29) is 57.7 Å². The van der Waals surface area contributed by atoms with Crippen LogP contribution in [0.4, 0.5) is 13.2 Å². The van der Waals surface area contributed by atoms with Gasteiger partial charge in [-0.1, -0.05) is 47.5 Å². The summed E-state index contributed by atoms with van der Waals surface area (Å²) < 4.78 is 63.9. The average molecular weight is 800 g/mol. The number of aromatic nitrogens is 2. The van der Waals surface area contributed by atoms with Gasteiger partial charge in [0.05, 0.1) is 22.2 Å². The number of nitrogens with zero attached hydrogens (tertiary/aromatic N) is 3. The maximum atomic E-state index is 14.9. The van der Waals surface area contributed by atoms with Crippen LogP contribution in [0.2, 0.25) is 10.0 Å². The molecule has 3 aliphatic heterocycles. The fraction of sp³-hybridized carbons (Fsp3) is 0.400. The fourth-order valence-corrected chi connectivity index (χ4v) is 7.46. The first-order valence-corrected chi connectivity index (χ1v) is 18.9. The highest BCUT2D eigenvalue weighted by atomic mass is 35.5. The molecule has 0 radical (unpaired) electrons. The van der Waals surface area contributed by atoms with Gasteiger partial charge in [0, 0.05) is 43.7 Å². The zero-order valence-corrected chi connectivity index (χ0v) is 31.2. The van der Waals surface area contributed by atoms with Gasteiger partial charge in [-0.05, 0) is 97.6 Å². The largest absolute Gasteiger partial charge is 0.489 e. The molecule has 3 atom stereocenters. The zero-order valence-electron chi connectivity index (χ0n) is 29.6. The van der Waals surface area contributed by atoms with E-state index < -0.39 is 36.6 Å². The molecule has 8 rings (SSSR count). The maximum Gasteiger partial charge on any atom is 0.387 e. The Morgan fingerprint density at radius 2 is 1.71 bits per heavy atom. The van der Waals surface area contributed by atoms with Crippen LogP contribution in [0.3, 0.4) is 0 Å². The summed E-state index contributed by atoms with van der Waals surface area (Å²) in [7, 11) is 0. The third-order valence-electron chi connectivity index (χ3n) is 10.2. The van der Waals surface area contributed by atoms with Crippen molar-refractivity contribution < 1.29 is 41.7 Å². The molecule has 0 spiro atoms. The lowest BCUT2D eigenvalue weighted by Gasteiger charge is -2.44. The highest BCUT2D eigenvalue weighted by molar-refractivity contribution is 6.35. The lowest BCUT2D eigenvalue weighted by Crippen LogP contribution is -2.52. The van der Waals surface area contributed by atoms with E-state index in [0.29, 0.717) is 35.8 Å². The standard InChI is InChI=1S/C40H39Cl2F3N4O6/c41-30-19-46-20-31(42)29(30)17-33(27-9-10-32(55-40(44)45)34(16-27)52-22-24-3-4-24)53-38(50)26-7-5-23(6-8-26)18-48-36(28-2-1-13-47-37(28)43)39(51)54-35-21-49-14-11-25(35)12-15-49/h1-2,5-10,13,16,19-20,24-25,33,35-36,40,48H,3-4,11-12,14-15,17-18,21-22H2/t33-,35-,36?/m0/s1. The first kappa shape index (κ1) is 38.8. The number of alkyl halides is 2. The zero-order chi connectivity index (χ0) is 38.5. The van der Waals surface area contributed by atoms with E-state index in [1.165, 1.54) is 42.9 Å². The molecule has 1 aliphatic carbocycles. The Labute approximate surface area is 326 Å². The summed E-state index contributed by atoms with van der Waals surface area (Å²) >= 11 is 12.9. The van der Waals surface area contributed by atoms with E-state index in [1.54, 1.807) is 30.3 Å². The predicted octanol–water partition coefficient (Wildman–Crippen LogP) is 7.92. The number of hydrogen-bond acceptors (Lipinski definition) is 10. The van der Waals surface area contributed by atoms with Crippen LogP contribution in [0.5, 0.6) is 11.5 Å². The van der Waals surface area contributed by atoms with E-state index in [9.17, 15) is 22.8 Å². The van der Waals surface area contributed by atoms with Crippen LogP contribution in [0.1, 0.15) is 70.4 Å². The number of nitrogens with one attached hydrogen (secondary N) is 1. The first-order valence-electron chi connectivity index (χ1n) is 18.2. The van der Waals surface area contributed by atoms with Gasteiger partial charge in [-0.3, -0.25) is 15.2 Å². The van der Waals surface area contributed by atoms with Crippen molar-refractivity contribution in [2.75, 3.05) is 26.2 Å². The SMILES string of the molecule is O=C(O[C@@H](Cc1c(Cl)cncc1Cl)c1ccc(OC(F)F)c(OCC2CC2)c1)c1ccc(CNC(C(=O)O[C@H]2CN3CCC2CC3)c2cccnc2F)cc1.